The summed E-state index contributed by atoms with van der Waals surface area (Å²) in [5.74, 6) is 0.226. The molecule has 94 valence electrons. The van der Waals surface area contributed by atoms with E-state index in [2.05, 4.69) is 25.8 Å². The van der Waals surface area contributed by atoms with Gasteiger partial charge in [-0.15, -0.1) is 5.10 Å². The average Bonchev–Trinajstić information content (AvgIpc) is 3.12. The summed E-state index contributed by atoms with van der Waals surface area (Å²) in [4.78, 5) is 14.5. The molecule has 3 N–H and O–H groups in total. The maximum atomic E-state index is 11.7. The van der Waals surface area contributed by atoms with E-state index in [1.54, 1.807) is 18.3 Å². The highest BCUT2D eigenvalue weighted by Crippen LogP contribution is 2.22. The van der Waals surface area contributed by atoms with Crippen LogP contribution in [-0.2, 0) is 0 Å². The van der Waals surface area contributed by atoms with E-state index in [-0.39, 0.29) is 18.0 Å². The Morgan fingerprint density at radius 3 is 3.17 bits per heavy atom. The maximum Gasteiger partial charge on any atom is 0.322 e. The fraction of sp³-hybridized carbons (Fsp3) is 0.364. The SMILES string of the molecule is O=C(Nc1nnc(C2CCCN2)o1)c1ccc[nH]1. The first-order chi connectivity index (χ1) is 8.83. The Labute approximate surface area is 103 Å². The van der Waals surface area contributed by atoms with Gasteiger partial charge in [0.1, 0.15) is 5.69 Å². The number of nitrogens with zero attached hydrogens (tertiary/aromatic N) is 2. The summed E-state index contributed by atoms with van der Waals surface area (Å²) in [6, 6.07) is 3.65. The number of amides is 1. The molecule has 0 aromatic carbocycles. The van der Waals surface area contributed by atoms with E-state index < -0.39 is 0 Å². The molecule has 1 amide bonds. The van der Waals surface area contributed by atoms with Gasteiger partial charge < -0.3 is 14.7 Å². The number of carbonyl (C=O) groups excluding carboxylic acids is 1. The van der Waals surface area contributed by atoms with Crippen molar-refractivity contribution in [3.63, 3.8) is 0 Å². The van der Waals surface area contributed by atoms with Crippen molar-refractivity contribution in [2.75, 3.05) is 11.9 Å². The average molecular weight is 247 g/mol. The fourth-order valence-corrected chi connectivity index (χ4v) is 1.96. The van der Waals surface area contributed by atoms with E-state index in [4.69, 9.17) is 4.42 Å². The molecule has 1 unspecified atom stereocenters. The van der Waals surface area contributed by atoms with Gasteiger partial charge in [-0.2, -0.15) is 0 Å². The number of hydrogen-bond donors (Lipinski definition) is 3. The van der Waals surface area contributed by atoms with Crippen molar-refractivity contribution in [2.45, 2.75) is 18.9 Å². The molecule has 1 aliphatic rings. The molecular weight excluding hydrogens is 234 g/mol. The van der Waals surface area contributed by atoms with Crippen LogP contribution >= 0.6 is 0 Å². The fourth-order valence-electron chi connectivity index (χ4n) is 1.96. The molecule has 1 atom stereocenters. The topological polar surface area (TPSA) is 95.8 Å². The number of hydrogen-bond acceptors (Lipinski definition) is 5. The van der Waals surface area contributed by atoms with Crippen LogP contribution in [0.1, 0.15) is 35.3 Å². The van der Waals surface area contributed by atoms with Gasteiger partial charge in [0.15, 0.2) is 0 Å². The summed E-state index contributed by atoms with van der Waals surface area (Å²) in [5, 5.41) is 13.5. The molecule has 3 rings (SSSR count). The van der Waals surface area contributed by atoms with Crippen LogP contribution in [0.5, 0.6) is 0 Å². The van der Waals surface area contributed by atoms with Crippen LogP contribution < -0.4 is 10.6 Å². The molecule has 7 heteroatoms. The van der Waals surface area contributed by atoms with Gasteiger partial charge in [-0.05, 0) is 31.5 Å². The van der Waals surface area contributed by atoms with Crippen molar-refractivity contribution < 1.29 is 9.21 Å². The van der Waals surface area contributed by atoms with E-state index in [0.717, 1.165) is 19.4 Å². The van der Waals surface area contributed by atoms with Crippen molar-refractivity contribution in [2.24, 2.45) is 0 Å². The highest BCUT2D eigenvalue weighted by Gasteiger charge is 2.22. The highest BCUT2D eigenvalue weighted by atomic mass is 16.4. The minimum absolute atomic E-state index is 0.105. The molecule has 1 fully saturated rings. The van der Waals surface area contributed by atoms with Crippen LogP contribution in [0.3, 0.4) is 0 Å². The molecule has 7 nitrogen and oxygen atoms in total. The number of H-pyrrole nitrogens is 1. The molecule has 18 heavy (non-hydrogen) atoms. The molecule has 0 aliphatic carbocycles. The lowest BCUT2D eigenvalue weighted by Crippen LogP contribution is -2.13. The summed E-state index contributed by atoms with van der Waals surface area (Å²) in [6.45, 7) is 0.956. The standard InChI is InChI=1S/C11H13N5O2/c17-9(7-3-1-5-12-7)14-11-16-15-10(18-11)8-4-2-6-13-8/h1,3,5,8,12-13H,2,4,6H2,(H,14,16,17). The number of nitrogens with one attached hydrogen (secondary N) is 3. The van der Waals surface area contributed by atoms with Crippen molar-refractivity contribution in [3.05, 3.63) is 29.9 Å². The summed E-state index contributed by atoms with van der Waals surface area (Å²) in [5.41, 5.74) is 0.453. The van der Waals surface area contributed by atoms with Crippen LogP contribution in [0.2, 0.25) is 0 Å². The molecule has 1 saturated heterocycles. The summed E-state index contributed by atoms with van der Waals surface area (Å²) >= 11 is 0. The van der Waals surface area contributed by atoms with Gasteiger partial charge >= 0.3 is 6.01 Å². The third kappa shape index (κ3) is 2.12. The number of aromatic nitrogens is 3. The van der Waals surface area contributed by atoms with E-state index in [0.29, 0.717) is 11.6 Å². The van der Waals surface area contributed by atoms with Crippen LogP contribution in [0.15, 0.2) is 22.7 Å². The highest BCUT2D eigenvalue weighted by molar-refractivity contribution is 6.01. The minimum Gasteiger partial charge on any atom is -0.406 e. The normalized spacial score (nSPS) is 19.0. The quantitative estimate of drug-likeness (QED) is 0.754. The maximum absolute atomic E-state index is 11.7. The lowest BCUT2D eigenvalue weighted by atomic mass is 10.2. The molecule has 0 bridgehead atoms. The second kappa shape index (κ2) is 4.61. The number of aromatic amines is 1. The second-order valence-electron chi connectivity index (χ2n) is 4.13. The van der Waals surface area contributed by atoms with Crippen molar-refractivity contribution >= 4 is 11.9 Å². The molecule has 2 aromatic heterocycles. The van der Waals surface area contributed by atoms with Gasteiger partial charge in [0.05, 0.1) is 6.04 Å². The van der Waals surface area contributed by atoms with Gasteiger partial charge in [-0.25, -0.2) is 0 Å². The molecule has 0 saturated carbocycles. The van der Waals surface area contributed by atoms with Gasteiger partial charge in [-0.1, -0.05) is 5.10 Å². The lowest BCUT2D eigenvalue weighted by molar-refractivity contribution is 0.102. The smallest absolute Gasteiger partial charge is 0.322 e. The third-order valence-electron chi connectivity index (χ3n) is 2.86. The summed E-state index contributed by atoms with van der Waals surface area (Å²) in [7, 11) is 0. The van der Waals surface area contributed by atoms with E-state index in [1.165, 1.54) is 0 Å². The van der Waals surface area contributed by atoms with Gasteiger partial charge in [-0.3, -0.25) is 10.1 Å². The van der Waals surface area contributed by atoms with E-state index in [9.17, 15) is 4.79 Å². The molecule has 3 heterocycles. The molecular formula is C11H13N5O2. The lowest BCUT2D eigenvalue weighted by Gasteiger charge is -2.02. The summed E-state index contributed by atoms with van der Waals surface area (Å²) in [6.07, 6.45) is 3.75. The number of carbonyl (C=O) groups is 1. The molecule has 0 radical (unpaired) electrons. The van der Waals surface area contributed by atoms with Crippen molar-refractivity contribution in [3.8, 4) is 0 Å². The zero-order chi connectivity index (χ0) is 12.4. The monoisotopic (exact) mass is 247 g/mol. The van der Waals surface area contributed by atoms with Crippen molar-refractivity contribution in [1.29, 1.82) is 0 Å². The zero-order valence-corrected chi connectivity index (χ0v) is 9.64. The Morgan fingerprint density at radius 2 is 2.44 bits per heavy atom. The van der Waals surface area contributed by atoms with Crippen LogP contribution in [-0.4, -0.2) is 27.6 Å². The Hall–Kier alpha value is -2.15. The Bertz CT molecular complexity index is 527. The van der Waals surface area contributed by atoms with E-state index >= 15 is 0 Å². The minimum atomic E-state index is -0.297. The van der Waals surface area contributed by atoms with Crippen LogP contribution in [0, 0.1) is 0 Å². The Kier molecular flexibility index (Phi) is 2.81. The first-order valence-electron chi connectivity index (χ1n) is 5.84. The molecule has 2 aromatic rings. The second-order valence-corrected chi connectivity index (χ2v) is 4.13. The van der Waals surface area contributed by atoms with E-state index in [1.807, 2.05) is 0 Å². The first-order valence-corrected chi connectivity index (χ1v) is 5.84. The van der Waals surface area contributed by atoms with Gasteiger partial charge in [0.2, 0.25) is 5.89 Å². The molecule has 1 aliphatic heterocycles. The van der Waals surface area contributed by atoms with Gasteiger partial charge in [0, 0.05) is 6.20 Å². The van der Waals surface area contributed by atoms with Crippen LogP contribution in [0.4, 0.5) is 6.01 Å². The summed E-state index contributed by atoms with van der Waals surface area (Å²) < 4.78 is 5.41. The molecule has 0 spiro atoms. The predicted molar refractivity (Wildman–Crippen MR) is 63.0 cm³/mol. The van der Waals surface area contributed by atoms with Crippen LogP contribution in [0.25, 0.3) is 0 Å². The Morgan fingerprint density at radius 1 is 1.50 bits per heavy atom. The van der Waals surface area contributed by atoms with Crippen molar-refractivity contribution in [1.82, 2.24) is 20.5 Å². The largest absolute Gasteiger partial charge is 0.406 e. The first kappa shape index (κ1) is 11.0. The zero-order valence-electron chi connectivity index (χ0n) is 9.64. The predicted octanol–water partition coefficient (Wildman–Crippen LogP) is 1.07. The number of rotatable bonds is 3. The third-order valence-corrected chi connectivity index (χ3v) is 2.86. The van der Waals surface area contributed by atoms with Gasteiger partial charge in [0.25, 0.3) is 5.91 Å². The Balaban J connectivity index is 1.68. The number of anilines is 1.